The molecule has 1 rings (SSSR count). The molecule has 5 heteroatoms. The third-order valence-electron chi connectivity index (χ3n) is 3.23. The molecule has 0 saturated heterocycles. The van der Waals surface area contributed by atoms with Gasteiger partial charge in [-0.3, -0.25) is 9.69 Å². The highest BCUT2D eigenvalue weighted by Crippen LogP contribution is 2.10. The minimum atomic E-state index is -0.463. The zero-order chi connectivity index (χ0) is 14.5. The summed E-state index contributed by atoms with van der Waals surface area (Å²) in [6, 6.07) is 6.34. The van der Waals surface area contributed by atoms with Crippen LogP contribution in [0.25, 0.3) is 0 Å². The van der Waals surface area contributed by atoms with E-state index < -0.39 is 5.54 Å². The average molecular weight is 268 g/mol. The lowest BCUT2D eigenvalue weighted by molar-refractivity contribution is -0.123. The van der Waals surface area contributed by atoms with Crippen LogP contribution in [0.3, 0.4) is 0 Å². The summed E-state index contributed by atoms with van der Waals surface area (Å²) in [5.74, 6) is -0.529. The number of hydrogen-bond acceptors (Lipinski definition) is 3. The van der Waals surface area contributed by atoms with E-state index in [0.717, 1.165) is 0 Å². The lowest BCUT2D eigenvalue weighted by atomic mass is 10.1. The summed E-state index contributed by atoms with van der Waals surface area (Å²) in [5.41, 5.74) is -0.00470. The maximum absolute atomic E-state index is 13.4. The van der Waals surface area contributed by atoms with Crippen molar-refractivity contribution < 1.29 is 14.3 Å². The highest BCUT2D eigenvalue weighted by atomic mass is 19.1. The van der Waals surface area contributed by atoms with Gasteiger partial charge in [0.05, 0.1) is 13.2 Å². The third-order valence-corrected chi connectivity index (χ3v) is 3.23. The number of likely N-dealkylation sites (N-methyl/N-ethyl adjacent to an activating group) is 1. The fraction of sp³-hybridized carbons (Fsp3) is 0.500. The first-order valence-electron chi connectivity index (χ1n) is 6.19. The smallest absolute Gasteiger partial charge is 0.234 e. The van der Waals surface area contributed by atoms with Gasteiger partial charge in [-0.25, -0.2) is 4.39 Å². The van der Waals surface area contributed by atoms with Crippen LogP contribution in [0, 0.1) is 5.82 Å². The molecule has 1 aromatic rings. The highest BCUT2D eigenvalue weighted by molar-refractivity contribution is 5.78. The first-order chi connectivity index (χ1) is 8.86. The highest BCUT2D eigenvalue weighted by Gasteiger charge is 2.24. The number of rotatable bonds is 6. The average Bonchev–Trinajstić information content (AvgIpc) is 2.37. The number of hydrogen-bond donors (Lipinski definition) is 2. The molecular formula is C14H21FN2O2. The molecule has 106 valence electrons. The Bertz CT molecular complexity index is 435. The van der Waals surface area contributed by atoms with Crippen LogP contribution in [-0.2, 0) is 11.3 Å². The molecule has 19 heavy (non-hydrogen) atoms. The number of halogens is 1. The van der Waals surface area contributed by atoms with Crippen molar-refractivity contribution in [3.05, 3.63) is 35.6 Å². The van der Waals surface area contributed by atoms with Crippen molar-refractivity contribution in [3.63, 3.8) is 0 Å². The Morgan fingerprint density at radius 3 is 2.63 bits per heavy atom. The fourth-order valence-corrected chi connectivity index (χ4v) is 1.44. The normalized spacial score (nSPS) is 11.7. The van der Waals surface area contributed by atoms with Crippen LogP contribution in [-0.4, -0.2) is 41.7 Å². The third kappa shape index (κ3) is 4.61. The standard InChI is InChI=1S/C14H21FN2O2/c1-14(2,10-18)17(3)9-13(19)16-8-11-6-4-5-7-12(11)15/h4-7,18H,8-10H2,1-3H3,(H,16,19). The van der Waals surface area contributed by atoms with Crippen LogP contribution in [0.1, 0.15) is 19.4 Å². The molecule has 0 aliphatic heterocycles. The van der Waals surface area contributed by atoms with Crippen LogP contribution < -0.4 is 5.32 Å². The zero-order valence-electron chi connectivity index (χ0n) is 11.6. The summed E-state index contributed by atoms with van der Waals surface area (Å²) < 4.78 is 13.4. The second-order valence-electron chi connectivity index (χ2n) is 5.19. The van der Waals surface area contributed by atoms with Crippen molar-refractivity contribution in [2.75, 3.05) is 20.2 Å². The lowest BCUT2D eigenvalue weighted by Crippen LogP contribution is -2.48. The Morgan fingerprint density at radius 2 is 2.05 bits per heavy atom. The van der Waals surface area contributed by atoms with Crippen molar-refractivity contribution in [2.45, 2.75) is 25.9 Å². The predicted octanol–water partition coefficient (Wildman–Crippen LogP) is 1.14. The molecule has 1 amide bonds. The molecule has 0 bridgehead atoms. The summed E-state index contributed by atoms with van der Waals surface area (Å²) in [6.07, 6.45) is 0. The Labute approximate surface area is 113 Å². The van der Waals surface area contributed by atoms with Crippen molar-refractivity contribution in [1.29, 1.82) is 0 Å². The summed E-state index contributed by atoms with van der Waals surface area (Å²) in [5, 5.41) is 11.9. The number of nitrogens with one attached hydrogen (secondary N) is 1. The molecule has 4 nitrogen and oxygen atoms in total. The van der Waals surface area contributed by atoms with E-state index >= 15 is 0 Å². The van der Waals surface area contributed by atoms with Crippen molar-refractivity contribution in [1.82, 2.24) is 10.2 Å². The summed E-state index contributed by atoms with van der Waals surface area (Å²) >= 11 is 0. The van der Waals surface area contributed by atoms with E-state index in [0.29, 0.717) is 5.56 Å². The van der Waals surface area contributed by atoms with Gasteiger partial charge in [0.25, 0.3) is 0 Å². The number of aliphatic hydroxyl groups is 1. The number of carbonyl (C=O) groups excluding carboxylic acids is 1. The van der Waals surface area contributed by atoms with Gasteiger partial charge in [-0.2, -0.15) is 0 Å². The van der Waals surface area contributed by atoms with Gasteiger partial charge in [-0.1, -0.05) is 18.2 Å². The largest absolute Gasteiger partial charge is 0.394 e. The SMILES string of the molecule is CN(CC(=O)NCc1ccccc1F)C(C)(C)CO. The molecule has 1 aromatic carbocycles. The number of nitrogens with zero attached hydrogens (tertiary/aromatic N) is 1. The van der Waals surface area contributed by atoms with Crippen molar-refractivity contribution in [2.24, 2.45) is 0 Å². The molecule has 0 saturated carbocycles. The van der Waals surface area contributed by atoms with Crippen LogP contribution in [0.15, 0.2) is 24.3 Å². The van der Waals surface area contributed by atoms with Gasteiger partial charge in [-0.15, -0.1) is 0 Å². The van der Waals surface area contributed by atoms with Gasteiger partial charge in [0.1, 0.15) is 5.82 Å². The van der Waals surface area contributed by atoms with E-state index in [9.17, 15) is 14.3 Å². The predicted molar refractivity (Wildman–Crippen MR) is 72.0 cm³/mol. The maximum Gasteiger partial charge on any atom is 0.234 e. The van der Waals surface area contributed by atoms with E-state index in [1.54, 1.807) is 30.1 Å². The summed E-state index contributed by atoms with van der Waals surface area (Å²) in [7, 11) is 1.76. The van der Waals surface area contributed by atoms with Crippen LogP contribution in [0.4, 0.5) is 4.39 Å². The van der Waals surface area contributed by atoms with Gasteiger partial charge in [0.15, 0.2) is 0 Å². The van der Waals surface area contributed by atoms with E-state index in [1.165, 1.54) is 6.07 Å². The molecule has 0 aliphatic carbocycles. The van der Waals surface area contributed by atoms with E-state index in [-0.39, 0.29) is 31.4 Å². The quantitative estimate of drug-likeness (QED) is 0.813. The molecule has 0 unspecified atom stereocenters. The molecule has 0 fully saturated rings. The summed E-state index contributed by atoms with van der Waals surface area (Å²) in [6.45, 7) is 3.97. The van der Waals surface area contributed by atoms with Crippen LogP contribution in [0.5, 0.6) is 0 Å². The minimum Gasteiger partial charge on any atom is -0.394 e. The van der Waals surface area contributed by atoms with Gasteiger partial charge in [-0.05, 0) is 27.0 Å². The van der Waals surface area contributed by atoms with E-state index in [1.807, 2.05) is 13.8 Å². The Kier molecular flexibility index (Phi) is 5.44. The number of carbonyl (C=O) groups is 1. The molecular weight excluding hydrogens is 247 g/mol. The second-order valence-corrected chi connectivity index (χ2v) is 5.19. The molecule has 0 atom stereocenters. The zero-order valence-corrected chi connectivity index (χ0v) is 11.6. The molecule has 0 aromatic heterocycles. The van der Waals surface area contributed by atoms with Crippen molar-refractivity contribution in [3.8, 4) is 0 Å². The summed E-state index contributed by atoms with van der Waals surface area (Å²) in [4.78, 5) is 13.5. The van der Waals surface area contributed by atoms with Gasteiger partial charge in [0.2, 0.25) is 5.91 Å². The molecule has 0 radical (unpaired) electrons. The first kappa shape index (κ1) is 15.6. The number of amides is 1. The fourth-order valence-electron chi connectivity index (χ4n) is 1.44. The molecule has 0 spiro atoms. The monoisotopic (exact) mass is 268 g/mol. The Balaban J connectivity index is 2.47. The lowest BCUT2D eigenvalue weighted by Gasteiger charge is -2.33. The molecule has 2 N–H and O–H groups in total. The van der Waals surface area contributed by atoms with Gasteiger partial charge in [0, 0.05) is 17.6 Å². The second kappa shape index (κ2) is 6.63. The minimum absolute atomic E-state index is 0.0376. The Hall–Kier alpha value is -1.46. The maximum atomic E-state index is 13.4. The molecule has 0 aliphatic rings. The van der Waals surface area contributed by atoms with Crippen LogP contribution >= 0.6 is 0 Å². The van der Waals surface area contributed by atoms with E-state index in [4.69, 9.17) is 0 Å². The van der Waals surface area contributed by atoms with Gasteiger partial charge >= 0.3 is 0 Å². The van der Waals surface area contributed by atoms with Crippen molar-refractivity contribution >= 4 is 5.91 Å². The van der Waals surface area contributed by atoms with E-state index in [2.05, 4.69) is 5.32 Å². The van der Waals surface area contributed by atoms with Gasteiger partial charge < -0.3 is 10.4 Å². The molecule has 0 heterocycles. The van der Waals surface area contributed by atoms with Crippen LogP contribution in [0.2, 0.25) is 0 Å². The Morgan fingerprint density at radius 1 is 1.42 bits per heavy atom. The topological polar surface area (TPSA) is 52.6 Å². The first-order valence-corrected chi connectivity index (χ1v) is 6.19. The number of aliphatic hydroxyl groups excluding tert-OH is 1. The number of benzene rings is 1.